The maximum Gasteiger partial charge on any atom is 0.305 e. The largest absolute Gasteiger partial charge is 0.466 e. The molecule has 0 N–H and O–H groups in total. The summed E-state index contributed by atoms with van der Waals surface area (Å²) in [5, 5.41) is 0. The van der Waals surface area contributed by atoms with Crippen molar-refractivity contribution in [1.82, 2.24) is 14.5 Å². The van der Waals surface area contributed by atoms with Crippen LogP contribution in [0.1, 0.15) is 89.3 Å². The molecule has 2 aliphatic heterocycles. The van der Waals surface area contributed by atoms with Gasteiger partial charge in [-0.05, 0) is 75.8 Å². The molecule has 4 aliphatic rings. The Morgan fingerprint density at radius 2 is 1.68 bits per heavy atom. The molecule has 4 fully saturated rings. The van der Waals surface area contributed by atoms with Crippen molar-refractivity contribution in [2.75, 3.05) is 19.8 Å². The summed E-state index contributed by atoms with van der Waals surface area (Å²) in [6.45, 7) is 3.73. The molecule has 4 unspecified atom stereocenters. The van der Waals surface area contributed by atoms with E-state index in [4.69, 9.17) is 14.5 Å². The van der Waals surface area contributed by atoms with Crippen molar-refractivity contribution in [1.29, 1.82) is 0 Å². The molecule has 1 aromatic carbocycles. The lowest BCUT2D eigenvalue weighted by Gasteiger charge is -2.54. The number of esters is 1. The van der Waals surface area contributed by atoms with E-state index < -0.39 is 0 Å². The molecular weight excluding hydrogens is 478 g/mol. The normalized spacial score (nSPS) is 31.6. The summed E-state index contributed by atoms with van der Waals surface area (Å²) in [7, 11) is 0. The van der Waals surface area contributed by atoms with Gasteiger partial charge in [0.05, 0.1) is 30.9 Å². The number of aryl methyl sites for hydroxylation is 1. The van der Waals surface area contributed by atoms with Gasteiger partial charge in [0.25, 0.3) is 5.56 Å². The van der Waals surface area contributed by atoms with Crippen molar-refractivity contribution in [2.45, 2.75) is 108 Å². The first kappa shape index (κ1) is 26.0. The second kappa shape index (κ2) is 11.5. The fourth-order valence-corrected chi connectivity index (χ4v) is 8.19. The van der Waals surface area contributed by atoms with Crippen LogP contribution in [-0.4, -0.2) is 58.4 Å². The van der Waals surface area contributed by atoms with Gasteiger partial charge in [-0.15, -0.1) is 0 Å². The molecule has 7 heteroatoms. The van der Waals surface area contributed by atoms with Gasteiger partial charge in [0, 0.05) is 30.6 Å². The first-order valence-electron chi connectivity index (χ1n) is 15.1. The van der Waals surface area contributed by atoms with Gasteiger partial charge in [0.2, 0.25) is 0 Å². The van der Waals surface area contributed by atoms with Gasteiger partial charge < -0.3 is 14.0 Å². The van der Waals surface area contributed by atoms with E-state index in [0.717, 1.165) is 48.9 Å². The zero-order valence-corrected chi connectivity index (χ0v) is 22.9. The van der Waals surface area contributed by atoms with E-state index in [-0.39, 0.29) is 17.6 Å². The van der Waals surface area contributed by atoms with Crippen molar-refractivity contribution in [2.24, 2.45) is 11.8 Å². The fraction of sp³-hybridized carbons (Fsp3) is 0.710. The molecule has 0 radical (unpaired) electrons. The maximum atomic E-state index is 13.9. The second-order valence-electron chi connectivity index (χ2n) is 12.2. The van der Waals surface area contributed by atoms with Crippen LogP contribution in [0.25, 0.3) is 11.0 Å². The average molecular weight is 522 g/mol. The molecular formula is C31H43N3O4. The van der Waals surface area contributed by atoms with E-state index in [9.17, 15) is 9.59 Å². The van der Waals surface area contributed by atoms with Crippen LogP contribution in [0.3, 0.4) is 0 Å². The van der Waals surface area contributed by atoms with Crippen LogP contribution in [0.5, 0.6) is 0 Å². The standard InChI is InChI=1S/C31H43N3O4/c1-2-38-30(35)13-7-11-28-31(36)34(29-12-6-5-10-27(29)32-28)24-17-25-19-37-20-26(18-24)33(25)23-15-21-8-3-4-9-22(14-21)16-23/h5-6,10,12,21-26H,2-4,7-9,11,13-20H2,1H3. The summed E-state index contributed by atoms with van der Waals surface area (Å²) in [6.07, 6.45) is 13.0. The lowest BCUT2D eigenvalue weighted by Crippen LogP contribution is -2.62. The number of nitrogens with zero attached hydrogens (tertiary/aromatic N) is 3. The summed E-state index contributed by atoms with van der Waals surface area (Å²) in [5.41, 5.74) is 2.35. The molecule has 3 heterocycles. The highest BCUT2D eigenvalue weighted by Gasteiger charge is 2.45. The summed E-state index contributed by atoms with van der Waals surface area (Å²) < 4.78 is 13.2. The quantitative estimate of drug-likeness (QED) is 0.475. The fourth-order valence-electron chi connectivity index (χ4n) is 8.19. The van der Waals surface area contributed by atoms with Gasteiger partial charge in [-0.3, -0.25) is 14.5 Å². The molecule has 6 rings (SSSR count). The number of hydrogen-bond acceptors (Lipinski definition) is 6. The number of ether oxygens (including phenoxy) is 2. The monoisotopic (exact) mass is 521 g/mol. The van der Waals surface area contributed by atoms with Crippen LogP contribution < -0.4 is 5.56 Å². The zero-order chi connectivity index (χ0) is 26.1. The third-order valence-electron chi connectivity index (χ3n) is 9.65. The molecule has 206 valence electrons. The molecule has 2 saturated heterocycles. The van der Waals surface area contributed by atoms with Crippen LogP contribution in [-0.2, 0) is 20.7 Å². The van der Waals surface area contributed by atoms with Crippen LogP contribution >= 0.6 is 0 Å². The minimum atomic E-state index is -0.212. The molecule has 7 nitrogen and oxygen atoms in total. The highest BCUT2D eigenvalue weighted by atomic mass is 16.5. The van der Waals surface area contributed by atoms with E-state index in [0.29, 0.717) is 49.7 Å². The third-order valence-corrected chi connectivity index (χ3v) is 9.65. The number of para-hydroxylation sites is 2. The number of carbonyl (C=O) groups excluding carboxylic acids is 1. The Kier molecular flexibility index (Phi) is 7.85. The molecule has 2 aliphatic carbocycles. The number of hydrogen-bond donors (Lipinski definition) is 0. The third kappa shape index (κ3) is 5.29. The number of morpholine rings is 1. The average Bonchev–Trinajstić information content (AvgIpc) is 3.07. The van der Waals surface area contributed by atoms with Crippen molar-refractivity contribution in [3.8, 4) is 0 Å². The summed E-state index contributed by atoms with van der Waals surface area (Å²) in [5.74, 6) is 1.57. The van der Waals surface area contributed by atoms with Crippen molar-refractivity contribution < 1.29 is 14.3 Å². The first-order chi connectivity index (χ1) is 18.6. The first-order valence-corrected chi connectivity index (χ1v) is 15.1. The van der Waals surface area contributed by atoms with E-state index >= 15 is 0 Å². The smallest absolute Gasteiger partial charge is 0.305 e. The van der Waals surface area contributed by atoms with Gasteiger partial charge >= 0.3 is 5.97 Å². The predicted molar refractivity (Wildman–Crippen MR) is 147 cm³/mol. The predicted octanol–water partition coefficient (Wildman–Crippen LogP) is 5.05. The molecule has 38 heavy (non-hydrogen) atoms. The molecule has 0 spiro atoms. The number of fused-ring (bicyclic) bond motifs is 5. The van der Waals surface area contributed by atoms with E-state index in [1.165, 1.54) is 44.9 Å². The van der Waals surface area contributed by atoms with Crippen molar-refractivity contribution in [3.05, 3.63) is 40.3 Å². The van der Waals surface area contributed by atoms with Crippen molar-refractivity contribution in [3.63, 3.8) is 0 Å². The SMILES string of the molecule is CCOC(=O)CCCc1nc2ccccc2n(C2CC3COCC(C2)N3C2CC3CCCCC(C3)C2)c1=O. The number of piperidine rings is 1. The number of aromatic nitrogens is 2. The molecule has 4 bridgehead atoms. The van der Waals surface area contributed by atoms with Crippen LogP contribution in [0.4, 0.5) is 0 Å². The summed E-state index contributed by atoms with van der Waals surface area (Å²) >= 11 is 0. The van der Waals surface area contributed by atoms with Gasteiger partial charge in [-0.1, -0.05) is 37.8 Å². The Morgan fingerprint density at radius 1 is 0.974 bits per heavy atom. The Labute approximate surface area is 225 Å². The van der Waals surface area contributed by atoms with Gasteiger partial charge in [-0.25, -0.2) is 4.98 Å². The number of benzene rings is 1. The number of carbonyl (C=O) groups is 1. The van der Waals surface area contributed by atoms with Crippen LogP contribution in [0.2, 0.25) is 0 Å². The lowest BCUT2D eigenvalue weighted by atomic mass is 9.75. The van der Waals surface area contributed by atoms with Gasteiger partial charge in [0.1, 0.15) is 5.69 Å². The van der Waals surface area contributed by atoms with E-state index in [1.807, 2.05) is 35.8 Å². The molecule has 4 atom stereocenters. The van der Waals surface area contributed by atoms with Gasteiger partial charge in [0.15, 0.2) is 0 Å². The van der Waals surface area contributed by atoms with E-state index in [2.05, 4.69) is 4.90 Å². The van der Waals surface area contributed by atoms with Crippen LogP contribution in [0.15, 0.2) is 29.1 Å². The topological polar surface area (TPSA) is 73.7 Å². The molecule has 1 aromatic heterocycles. The zero-order valence-electron chi connectivity index (χ0n) is 22.9. The Balaban J connectivity index is 1.25. The minimum absolute atomic E-state index is 0.00804. The Hall–Kier alpha value is -2.25. The highest BCUT2D eigenvalue weighted by Crippen LogP contribution is 2.44. The van der Waals surface area contributed by atoms with Crippen LogP contribution in [0, 0.1) is 11.8 Å². The van der Waals surface area contributed by atoms with Crippen molar-refractivity contribution >= 4 is 17.0 Å². The Morgan fingerprint density at radius 3 is 2.39 bits per heavy atom. The summed E-state index contributed by atoms with van der Waals surface area (Å²) in [4.78, 5) is 33.4. The minimum Gasteiger partial charge on any atom is -0.466 e. The lowest BCUT2D eigenvalue weighted by molar-refractivity contribution is -0.143. The molecule has 2 aromatic rings. The van der Waals surface area contributed by atoms with E-state index in [1.54, 1.807) is 0 Å². The molecule has 2 saturated carbocycles. The maximum absolute atomic E-state index is 13.9. The summed E-state index contributed by atoms with van der Waals surface area (Å²) in [6, 6.07) is 9.57. The molecule has 0 amide bonds. The van der Waals surface area contributed by atoms with Gasteiger partial charge in [-0.2, -0.15) is 0 Å². The number of rotatable bonds is 7. The highest BCUT2D eigenvalue weighted by molar-refractivity contribution is 5.75. The second-order valence-corrected chi connectivity index (χ2v) is 12.2. The Bertz CT molecular complexity index is 1170.